The SMILES string of the molecule is COc1cc2c(cc1CN(C)CC[C@@H]1CCCCO1)OCO2. The molecule has 122 valence electrons. The molecule has 1 fully saturated rings. The van der Waals surface area contributed by atoms with E-state index in [9.17, 15) is 0 Å². The maximum Gasteiger partial charge on any atom is 0.231 e. The van der Waals surface area contributed by atoms with E-state index in [2.05, 4.69) is 11.9 Å². The molecule has 0 radical (unpaired) electrons. The predicted molar refractivity (Wildman–Crippen MR) is 83.7 cm³/mol. The predicted octanol–water partition coefficient (Wildman–Crippen LogP) is 2.81. The molecule has 0 bridgehead atoms. The molecule has 3 rings (SSSR count). The topological polar surface area (TPSA) is 40.2 Å². The molecule has 1 atom stereocenters. The Bertz CT molecular complexity index is 500. The van der Waals surface area contributed by atoms with E-state index >= 15 is 0 Å². The molecule has 1 aromatic rings. The zero-order chi connectivity index (χ0) is 15.4. The van der Waals surface area contributed by atoms with Gasteiger partial charge >= 0.3 is 0 Å². The van der Waals surface area contributed by atoms with Gasteiger partial charge in [0.05, 0.1) is 13.2 Å². The average molecular weight is 307 g/mol. The molecule has 0 amide bonds. The van der Waals surface area contributed by atoms with E-state index in [-0.39, 0.29) is 6.79 Å². The van der Waals surface area contributed by atoms with Crippen molar-refractivity contribution in [1.29, 1.82) is 0 Å². The van der Waals surface area contributed by atoms with Crippen LogP contribution >= 0.6 is 0 Å². The molecule has 0 saturated carbocycles. The Morgan fingerprint density at radius 2 is 2.05 bits per heavy atom. The molecule has 5 heteroatoms. The summed E-state index contributed by atoms with van der Waals surface area (Å²) in [6, 6.07) is 3.94. The van der Waals surface area contributed by atoms with Crippen molar-refractivity contribution in [2.45, 2.75) is 38.3 Å². The summed E-state index contributed by atoms with van der Waals surface area (Å²) < 4.78 is 22.1. The van der Waals surface area contributed by atoms with Gasteiger partial charge in [0.1, 0.15) is 5.75 Å². The highest BCUT2D eigenvalue weighted by atomic mass is 16.7. The molecule has 2 aliphatic heterocycles. The van der Waals surface area contributed by atoms with Gasteiger partial charge in [-0.05, 0) is 38.8 Å². The fourth-order valence-electron chi connectivity index (χ4n) is 3.05. The van der Waals surface area contributed by atoms with Gasteiger partial charge in [0.2, 0.25) is 6.79 Å². The zero-order valence-electron chi connectivity index (χ0n) is 13.5. The second-order valence-corrected chi connectivity index (χ2v) is 6.03. The summed E-state index contributed by atoms with van der Waals surface area (Å²) in [4.78, 5) is 2.30. The second kappa shape index (κ2) is 7.20. The van der Waals surface area contributed by atoms with Gasteiger partial charge in [0.15, 0.2) is 11.5 Å². The summed E-state index contributed by atoms with van der Waals surface area (Å²) in [5.41, 5.74) is 1.12. The van der Waals surface area contributed by atoms with Crippen molar-refractivity contribution in [1.82, 2.24) is 4.90 Å². The van der Waals surface area contributed by atoms with E-state index in [1.54, 1.807) is 7.11 Å². The Balaban J connectivity index is 1.57. The van der Waals surface area contributed by atoms with Crippen LogP contribution in [0.5, 0.6) is 17.2 Å². The maximum atomic E-state index is 5.80. The van der Waals surface area contributed by atoms with E-state index in [1.807, 2.05) is 12.1 Å². The molecule has 0 aliphatic carbocycles. The Hall–Kier alpha value is -1.46. The highest BCUT2D eigenvalue weighted by Crippen LogP contribution is 2.38. The summed E-state index contributed by atoms with van der Waals surface area (Å²) in [6.07, 6.45) is 5.21. The molecule has 2 aliphatic rings. The molecular formula is C17H25NO4. The molecule has 1 aromatic carbocycles. The molecule has 2 heterocycles. The van der Waals surface area contributed by atoms with Crippen LogP contribution in [0.15, 0.2) is 12.1 Å². The van der Waals surface area contributed by atoms with E-state index in [1.165, 1.54) is 19.3 Å². The third-order valence-corrected chi connectivity index (χ3v) is 4.32. The smallest absolute Gasteiger partial charge is 0.231 e. The first-order valence-corrected chi connectivity index (χ1v) is 8.03. The summed E-state index contributed by atoms with van der Waals surface area (Å²) in [5, 5.41) is 0. The van der Waals surface area contributed by atoms with Crippen LogP contribution in [0.3, 0.4) is 0 Å². The maximum absolute atomic E-state index is 5.80. The first-order chi connectivity index (χ1) is 10.8. The number of ether oxygens (including phenoxy) is 4. The third kappa shape index (κ3) is 3.65. The highest BCUT2D eigenvalue weighted by Gasteiger charge is 2.19. The molecule has 0 aromatic heterocycles. The molecule has 22 heavy (non-hydrogen) atoms. The monoisotopic (exact) mass is 307 g/mol. The van der Waals surface area contributed by atoms with Crippen LogP contribution in [-0.4, -0.2) is 45.1 Å². The lowest BCUT2D eigenvalue weighted by atomic mass is 10.1. The standard InChI is InChI=1S/C17H25NO4/c1-18(7-6-14-5-3-4-8-20-14)11-13-9-16-17(22-12-21-16)10-15(13)19-2/h9-10,14H,3-8,11-12H2,1-2H3/t14-/m0/s1. The summed E-state index contributed by atoms with van der Waals surface area (Å²) >= 11 is 0. The number of hydrogen-bond acceptors (Lipinski definition) is 5. The molecular weight excluding hydrogens is 282 g/mol. The van der Waals surface area contributed by atoms with Crippen LogP contribution in [0.2, 0.25) is 0 Å². The van der Waals surface area contributed by atoms with Gasteiger partial charge in [-0.15, -0.1) is 0 Å². The fraction of sp³-hybridized carbons (Fsp3) is 0.647. The van der Waals surface area contributed by atoms with E-state index in [0.717, 1.165) is 48.9 Å². The van der Waals surface area contributed by atoms with Gasteiger partial charge in [-0.25, -0.2) is 0 Å². The normalized spacial score (nSPS) is 20.4. The van der Waals surface area contributed by atoms with Crippen molar-refractivity contribution in [2.24, 2.45) is 0 Å². The second-order valence-electron chi connectivity index (χ2n) is 6.03. The van der Waals surface area contributed by atoms with Gasteiger partial charge in [-0.1, -0.05) is 0 Å². The highest BCUT2D eigenvalue weighted by molar-refractivity contribution is 5.51. The zero-order valence-corrected chi connectivity index (χ0v) is 13.5. The van der Waals surface area contributed by atoms with Gasteiger partial charge in [0.25, 0.3) is 0 Å². The van der Waals surface area contributed by atoms with Crippen LogP contribution in [0, 0.1) is 0 Å². The number of nitrogens with zero attached hydrogens (tertiary/aromatic N) is 1. The first-order valence-electron chi connectivity index (χ1n) is 8.03. The Kier molecular flexibility index (Phi) is 5.05. The lowest BCUT2D eigenvalue weighted by Gasteiger charge is -2.25. The van der Waals surface area contributed by atoms with Gasteiger partial charge in [0, 0.05) is 31.3 Å². The Morgan fingerprint density at radius 1 is 1.23 bits per heavy atom. The van der Waals surface area contributed by atoms with Gasteiger partial charge in [-0.3, -0.25) is 0 Å². The summed E-state index contributed by atoms with van der Waals surface area (Å²) in [6.45, 7) is 3.05. The molecule has 5 nitrogen and oxygen atoms in total. The molecule has 1 saturated heterocycles. The number of fused-ring (bicyclic) bond motifs is 1. The lowest BCUT2D eigenvalue weighted by molar-refractivity contribution is 0.00638. The Morgan fingerprint density at radius 3 is 2.77 bits per heavy atom. The molecule has 0 spiro atoms. The lowest BCUT2D eigenvalue weighted by Crippen LogP contribution is -2.26. The van der Waals surface area contributed by atoms with Crippen molar-refractivity contribution >= 4 is 0 Å². The summed E-state index contributed by atoms with van der Waals surface area (Å²) in [5.74, 6) is 2.42. The number of methoxy groups -OCH3 is 1. The van der Waals surface area contributed by atoms with Crippen molar-refractivity contribution in [3.63, 3.8) is 0 Å². The van der Waals surface area contributed by atoms with Gasteiger partial charge in [-0.2, -0.15) is 0 Å². The number of hydrogen-bond donors (Lipinski definition) is 0. The first kappa shape index (κ1) is 15.4. The fourth-order valence-corrected chi connectivity index (χ4v) is 3.05. The molecule has 0 N–H and O–H groups in total. The van der Waals surface area contributed by atoms with Crippen molar-refractivity contribution in [3.8, 4) is 17.2 Å². The van der Waals surface area contributed by atoms with Gasteiger partial charge < -0.3 is 23.8 Å². The largest absolute Gasteiger partial charge is 0.496 e. The number of benzene rings is 1. The minimum Gasteiger partial charge on any atom is -0.496 e. The summed E-state index contributed by atoms with van der Waals surface area (Å²) in [7, 11) is 3.82. The van der Waals surface area contributed by atoms with Crippen molar-refractivity contribution in [3.05, 3.63) is 17.7 Å². The van der Waals surface area contributed by atoms with Crippen LogP contribution in [0.4, 0.5) is 0 Å². The van der Waals surface area contributed by atoms with Crippen LogP contribution in [0.1, 0.15) is 31.2 Å². The minimum atomic E-state index is 0.288. The minimum absolute atomic E-state index is 0.288. The van der Waals surface area contributed by atoms with E-state index in [0.29, 0.717) is 6.10 Å². The van der Waals surface area contributed by atoms with E-state index in [4.69, 9.17) is 18.9 Å². The van der Waals surface area contributed by atoms with Crippen LogP contribution < -0.4 is 14.2 Å². The Labute approximate surface area is 132 Å². The van der Waals surface area contributed by atoms with E-state index < -0.39 is 0 Å². The van der Waals surface area contributed by atoms with Crippen molar-refractivity contribution < 1.29 is 18.9 Å². The van der Waals surface area contributed by atoms with Crippen molar-refractivity contribution in [2.75, 3.05) is 34.1 Å². The number of rotatable bonds is 6. The third-order valence-electron chi connectivity index (χ3n) is 4.32. The molecule has 0 unspecified atom stereocenters. The van der Waals surface area contributed by atoms with Crippen LogP contribution in [0.25, 0.3) is 0 Å². The average Bonchev–Trinajstić information content (AvgIpc) is 3.00. The quantitative estimate of drug-likeness (QED) is 0.808. The van der Waals surface area contributed by atoms with Crippen LogP contribution in [-0.2, 0) is 11.3 Å².